The van der Waals surface area contributed by atoms with Crippen molar-refractivity contribution in [1.82, 2.24) is 14.9 Å². The average Bonchev–Trinajstić information content (AvgIpc) is 3.06. The van der Waals surface area contributed by atoms with Crippen LogP contribution in [0.15, 0.2) is 6.33 Å². The van der Waals surface area contributed by atoms with Crippen LogP contribution in [0.5, 0.6) is 0 Å². The number of hydrogen-bond donors (Lipinski definition) is 2. The summed E-state index contributed by atoms with van der Waals surface area (Å²) in [6.45, 7) is 4.31. The zero-order chi connectivity index (χ0) is 11.8. The maximum atomic E-state index is 5.78. The normalized spacial score (nSPS) is 25.1. The van der Waals surface area contributed by atoms with Gasteiger partial charge in [-0.05, 0) is 26.2 Å². The number of aromatic nitrogens is 2. The minimum atomic E-state index is 0.503. The monoisotopic (exact) mass is 233 g/mol. The Labute approximate surface area is 101 Å². The molecule has 0 bridgehead atoms. The molecule has 0 amide bonds. The maximum Gasteiger partial charge on any atom is 0.134 e. The van der Waals surface area contributed by atoms with E-state index in [4.69, 9.17) is 5.73 Å². The standard InChI is InChI=1S/C12H19N5/c1-8-11(13)14-7-15-12(8)16-9-4-5-17(6-9)10-2-3-10/h7,9-10H,2-6H2,1H3,(H3,13,14,15,16). The lowest BCUT2D eigenvalue weighted by Crippen LogP contribution is -2.28. The summed E-state index contributed by atoms with van der Waals surface area (Å²) in [7, 11) is 0. The Morgan fingerprint density at radius 3 is 2.94 bits per heavy atom. The van der Waals surface area contributed by atoms with Crippen LogP contribution in [0.2, 0.25) is 0 Å². The van der Waals surface area contributed by atoms with Crippen molar-refractivity contribution >= 4 is 11.6 Å². The van der Waals surface area contributed by atoms with E-state index in [1.165, 1.54) is 32.1 Å². The second-order valence-corrected chi connectivity index (χ2v) is 5.09. The van der Waals surface area contributed by atoms with Gasteiger partial charge in [-0.3, -0.25) is 4.90 Å². The van der Waals surface area contributed by atoms with E-state index >= 15 is 0 Å². The van der Waals surface area contributed by atoms with Gasteiger partial charge in [0.25, 0.3) is 0 Å². The topological polar surface area (TPSA) is 67.1 Å². The number of nitrogen functional groups attached to an aromatic ring is 1. The quantitative estimate of drug-likeness (QED) is 0.815. The van der Waals surface area contributed by atoms with Gasteiger partial charge in [0.15, 0.2) is 0 Å². The van der Waals surface area contributed by atoms with Gasteiger partial charge in [-0.2, -0.15) is 0 Å². The van der Waals surface area contributed by atoms with Crippen molar-refractivity contribution in [1.29, 1.82) is 0 Å². The molecule has 17 heavy (non-hydrogen) atoms. The van der Waals surface area contributed by atoms with E-state index in [0.29, 0.717) is 11.9 Å². The van der Waals surface area contributed by atoms with Crippen LogP contribution < -0.4 is 11.1 Å². The van der Waals surface area contributed by atoms with Crippen molar-refractivity contribution in [2.75, 3.05) is 24.1 Å². The maximum absolute atomic E-state index is 5.78. The number of likely N-dealkylation sites (tertiary alicyclic amines) is 1. The number of nitrogens with one attached hydrogen (secondary N) is 1. The smallest absolute Gasteiger partial charge is 0.134 e. The van der Waals surface area contributed by atoms with E-state index in [9.17, 15) is 0 Å². The van der Waals surface area contributed by atoms with Crippen LogP contribution in [0, 0.1) is 6.92 Å². The van der Waals surface area contributed by atoms with E-state index < -0.39 is 0 Å². The fourth-order valence-electron chi connectivity index (χ4n) is 2.48. The first kappa shape index (κ1) is 10.8. The van der Waals surface area contributed by atoms with Crippen molar-refractivity contribution < 1.29 is 0 Å². The summed E-state index contributed by atoms with van der Waals surface area (Å²) >= 11 is 0. The molecule has 1 aromatic rings. The summed E-state index contributed by atoms with van der Waals surface area (Å²) in [6, 6.07) is 1.36. The highest BCUT2D eigenvalue weighted by molar-refractivity contribution is 5.54. The van der Waals surface area contributed by atoms with Crippen molar-refractivity contribution in [3.05, 3.63) is 11.9 Å². The summed E-state index contributed by atoms with van der Waals surface area (Å²) < 4.78 is 0. The number of hydrogen-bond acceptors (Lipinski definition) is 5. The van der Waals surface area contributed by atoms with Gasteiger partial charge in [0.1, 0.15) is 18.0 Å². The number of nitrogens with zero attached hydrogens (tertiary/aromatic N) is 3. The molecule has 5 heteroatoms. The van der Waals surface area contributed by atoms with Gasteiger partial charge < -0.3 is 11.1 Å². The molecule has 1 aliphatic carbocycles. The molecule has 1 aromatic heterocycles. The fourth-order valence-corrected chi connectivity index (χ4v) is 2.48. The SMILES string of the molecule is Cc1c(N)ncnc1NC1CCN(C2CC2)C1. The van der Waals surface area contributed by atoms with Gasteiger partial charge in [-0.15, -0.1) is 0 Å². The first-order valence-corrected chi connectivity index (χ1v) is 6.31. The van der Waals surface area contributed by atoms with Gasteiger partial charge in [0.2, 0.25) is 0 Å². The Balaban J connectivity index is 1.65. The van der Waals surface area contributed by atoms with Gasteiger partial charge in [-0.1, -0.05) is 0 Å². The molecular formula is C12H19N5. The summed E-state index contributed by atoms with van der Waals surface area (Å²) in [5, 5.41) is 3.49. The largest absolute Gasteiger partial charge is 0.383 e. The van der Waals surface area contributed by atoms with E-state index in [2.05, 4.69) is 20.2 Å². The van der Waals surface area contributed by atoms with Crippen molar-refractivity contribution in [3.8, 4) is 0 Å². The van der Waals surface area contributed by atoms with Crippen LogP contribution in [0.4, 0.5) is 11.6 Å². The Kier molecular flexibility index (Phi) is 2.63. The molecule has 1 atom stereocenters. The number of anilines is 2. The molecule has 1 aliphatic heterocycles. The van der Waals surface area contributed by atoms with E-state index in [-0.39, 0.29) is 0 Å². The average molecular weight is 233 g/mol. The Morgan fingerprint density at radius 2 is 2.18 bits per heavy atom. The summed E-state index contributed by atoms with van der Waals surface area (Å²) in [4.78, 5) is 10.8. The molecule has 5 nitrogen and oxygen atoms in total. The molecule has 1 saturated carbocycles. The van der Waals surface area contributed by atoms with Crippen LogP contribution in [-0.4, -0.2) is 40.0 Å². The summed E-state index contributed by atoms with van der Waals surface area (Å²) in [5.41, 5.74) is 6.73. The second kappa shape index (κ2) is 4.14. The third kappa shape index (κ3) is 2.20. The van der Waals surface area contributed by atoms with Gasteiger partial charge >= 0.3 is 0 Å². The van der Waals surface area contributed by atoms with E-state index in [1.807, 2.05) is 6.92 Å². The molecule has 92 valence electrons. The third-order valence-corrected chi connectivity index (χ3v) is 3.75. The molecule has 0 aromatic carbocycles. The molecular weight excluding hydrogens is 214 g/mol. The van der Waals surface area contributed by atoms with Crippen molar-refractivity contribution in [3.63, 3.8) is 0 Å². The predicted molar refractivity (Wildman–Crippen MR) is 67.8 cm³/mol. The van der Waals surface area contributed by atoms with Crippen LogP contribution in [-0.2, 0) is 0 Å². The van der Waals surface area contributed by atoms with E-state index in [1.54, 1.807) is 0 Å². The molecule has 0 radical (unpaired) electrons. The first-order chi connectivity index (χ1) is 8.24. The lowest BCUT2D eigenvalue weighted by atomic mass is 10.2. The Bertz CT molecular complexity index is 415. The Hall–Kier alpha value is -1.36. The molecule has 3 N–H and O–H groups in total. The zero-order valence-electron chi connectivity index (χ0n) is 10.2. The van der Waals surface area contributed by atoms with Gasteiger partial charge in [0, 0.05) is 30.7 Å². The second-order valence-electron chi connectivity index (χ2n) is 5.09. The van der Waals surface area contributed by atoms with Crippen molar-refractivity contribution in [2.24, 2.45) is 0 Å². The minimum absolute atomic E-state index is 0.503. The molecule has 1 unspecified atom stereocenters. The van der Waals surface area contributed by atoms with Crippen LogP contribution >= 0.6 is 0 Å². The highest BCUT2D eigenvalue weighted by Gasteiger charge is 2.34. The van der Waals surface area contributed by atoms with Crippen LogP contribution in [0.1, 0.15) is 24.8 Å². The zero-order valence-corrected chi connectivity index (χ0v) is 10.2. The van der Waals surface area contributed by atoms with Crippen molar-refractivity contribution in [2.45, 2.75) is 38.3 Å². The highest BCUT2D eigenvalue weighted by atomic mass is 15.2. The third-order valence-electron chi connectivity index (χ3n) is 3.75. The van der Waals surface area contributed by atoms with Gasteiger partial charge in [-0.25, -0.2) is 9.97 Å². The lowest BCUT2D eigenvalue weighted by molar-refractivity contribution is 0.326. The molecule has 0 spiro atoms. The van der Waals surface area contributed by atoms with E-state index in [0.717, 1.165) is 24.0 Å². The molecule has 1 saturated heterocycles. The highest BCUT2D eigenvalue weighted by Crippen LogP contribution is 2.30. The first-order valence-electron chi connectivity index (χ1n) is 6.31. The fraction of sp³-hybridized carbons (Fsp3) is 0.667. The van der Waals surface area contributed by atoms with Gasteiger partial charge in [0.05, 0.1) is 0 Å². The summed E-state index contributed by atoms with van der Waals surface area (Å²) in [6.07, 6.45) is 5.48. The molecule has 2 fully saturated rings. The minimum Gasteiger partial charge on any atom is -0.383 e. The molecule has 2 aliphatic rings. The lowest BCUT2D eigenvalue weighted by Gasteiger charge is -2.17. The number of nitrogens with two attached hydrogens (primary N) is 1. The number of rotatable bonds is 3. The van der Waals surface area contributed by atoms with Crippen LogP contribution in [0.25, 0.3) is 0 Å². The summed E-state index contributed by atoms with van der Waals surface area (Å²) in [5.74, 6) is 1.46. The molecule has 2 heterocycles. The van der Waals surface area contributed by atoms with Crippen LogP contribution in [0.3, 0.4) is 0 Å². The molecule has 3 rings (SSSR count). The Morgan fingerprint density at radius 1 is 1.35 bits per heavy atom. The predicted octanol–water partition coefficient (Wildman–Crippen LogP) is 1.02.